The maximum absolute atomic E-state index is 11.7. The second-order valence-electron chi connectivity index (χ2n) is 3.83. The van der Waals surface area contributed by atoms with Gasteiger partial charge in [-0.3, -0.25) is 9.59 Å². The van der Waals surface area contributed by atoms with Crippen LogP contribution in [0.2, 0.25) is 0 Å². The quantitative estimate of drug-likeness (QED) is 0.786. The van der Waals surface area contributed by atoms with Crippen molar-refractivity contribution in [1.82, 2.24) is 10.6 Å². The van der Waals surface area contributed by atoms with Crippen LogP contribution in [0.5, 0.6) is 0 Å². The molecule has 0 spiro atoms. The van der Waals surface area contributed by atoms with Gasteiger partial charge in [-0.1, -0.05) is 26.0 Å². The summed E-state index contributed by atoms with van der Waals surface area (Å²) in [5, 5.41) is 5.37. The normalized spacial score (nSPS) is 9.17. The van der Waals surface area contributed by atoms with E-state index in [2.05, 4.69) is 10.6 Å². The summed E-state index contributed by atoms with van der Waals surface area (Å²) in [5.74, 6) is -0.0945. The summed E-state index contributed by atoms with van der Waals surface area (Å²) in [6.45, 7) is 8.26. The van der Waals surface area contributed by atoms with E-state index in [4.69, 9.17) is 0 Å². The van der Waals surface area contributed by atoms with Crippen molar-refractivity contribution in [3.8, 4) is 0 Å². The van der Waals surface area contributed by atoms with Crippen LogP contribution >= 0.6 is 0 Å². The summed E-state index contributed by atoms with van der Waals surface area (Å²) in [4.78, 5) is 21.8. The minimum atomic E-state index is -0.0945. The fraction of sp³-hybridized carbons (Fsp3) is 0.429. The van der Waals surface area contributed by atoms with Crippen LogP contribution in [0.4, 0.5) is 0 Å². The Morgan fingerprint density at radius 1 is 1.33 bits per heavy atom. The van der Waals surface area contributed by atoms with E-state index in [0.29, 0.717) is 18.5 Å². The van der Waals surface area contributed by atoms with E-state index in [1.54, 1.807) is 18.2 Å². The van der Waals surface area contributed by atoms with Crippen molar-refractivity contribution in [2.75, 3.05) is 0 Å². The molecule has 4 heteroatoms. The highest BCUT2D eigenvalue weighted by Crippen LogP contribution is 2.05. The fourth-order valence-electron chi connectivity index (χ4n) is 1.33. The molecule has 0 saturated heterocycles. The number of amides is 2. The Kier molecular flexibility index (Phi) is 8.27. The SMILES string of the molecule is CC.CC(C)NC(=O)c1cccc(CNC=O)c1. The maximum Gasteiger partial charge on any atom is 0.251 e. The third kappa shape index (κ3) is 6.03. The van der Waals surface area contributed by atoms with Gasteiger partial charge in [0.25, 0.3) is 5.91 Å². The first kappa shape index (κ1) is 16.2. The van der Waals surface area contributed by atoms with Crippen LogP contribution in [0, 0.1) is 0 Å². The van der Waals surface area contributed by atoms with E-state index >= 15 is 0 Å². The standard InChI is InChI=1S/C12H16N2O2.C2H6/c1-9(2)14-12(16)11-5-3-4-10(6-11)7-13-8-15;1-2/h3-6,8-9H,7H2,1-2H3,(H,13,15)(H,14,16);1-2H3. The van der Waals surface area contributed by atoms with Gasteiger partial charge in [-0.25, -0.2) is 0 Å². The first-order chi connectivity index (χ1) is 8.63. The Morgan fingerprint density at radius 3 is 2.56 bits per heavy atom. The fourth-order valence-corrected chi connectivity index (χ4v) is 1.33. The largest absolute Gasteiger partial charge is 0.355 e. The highest BCUT2D eigenvalue weighted by atomic mass is 16.1. The molecule has 4 nitrogen and oxygen atoms in total. The average molecular weight is 250 g/mol. The molecule has 0 fully saturated rings. The first-order valence-electron chi connectivity index (χ1n) is 6.20. The Labute approximate surface area is 109 Å². The minimum absolute atomic E-state index is 0.0945. The van der Waals surface area contributed by atoms with Crippen molar-refractivity contribution in [2.45, 2.75) is 40.3 Å². The number of nitrogens with one attached hydrogen (secondary N) is 2. The number of rotatable bonds is 5. The molecule has 1 aromatic rings. The van der Waals surface area contributed by atoms with E-state index in [9.17, 15) is 9.59 Å². The van der Waals surface area contributed by atoms with E-state index in [0.717, 1.165) is 5.56 Å². The lowest BCUT2D eigenvalue weighted by molar-refractivity contribution is -0.109. The second kappa shape index (κ2) is 9.22. The zero-order valence-corrected chi connectivity index (χ0v) is 11.5. The van der Waals surface area contributed by atoms with Crippen molar-refractivity contribution in [3.63, 3.8) is 0 Å². The predicted molar refractivity (Wildman–Crippen MR) is 73.3 cm³/mol. The number of hydrogen-bond acceptors (Lipinski definition) is 2. The second-order valence-corrected chi connectivity index (χ2v) is 3.83. The summed E-state index contributed by atoms with van der Waals surface area (Å²) in [6, 6.07) is 7.31. The van der Waals surface area contributed by atoms with Gasteiger partial charge < -0.3 is 10.6 Å². The molecule has 0 atom stereocenters. The monoisotopic (exact) mass is 250 g/mol. The summed E-state index contributed by atoms with van der Waals surface area (Å²) in [5.41, 5.74) is 1.52. The lowest BCUT2D eigenvalue weighted by Gasteiger charge is -2.09. The van der Waals surface area contributed by atoms with Gasteiger partial charge in [-0.15, -0.1) is 0 Å². The summed E-state index contributed by atoms with van der Waals surface area (Å²) < 4.78 is 0. The van der Waals surface area contributed by atoms with Crippen LogP contribution in [0.15, 0.2) is 24.3 Å². The number of carbonyl (C=O) groups is 2. The lowest BCUT2D eigenvalue weighted by atomic mass is 10.1. The predicted octanol–water partition coefficient (Wildman–Crippen LogP) is 2.10. The lowest BCUT2D eigenvalue weighted by Crippen LogP contribution is -2.30. The van der Waals surface area contributed by atoms with Gasteiger partial charge in [-0.05, 0) is 31.5 Å². The van der Waals surface area contributed by atoms with Crippen molar-refractivity contribution in [1.29, 1.82) is 0 Å². The third-order valence-corrected chi connectivity index (χ3v) is 2.00. The first-order valence-corrected chi connectivity index (χ1v) is 6.20. The van der Waals surface area contributed by atoms with E-state index in [1.807, 2.05) is 33.8 Å². The Balaban J connectivity index is 0.00000137. The van der Waals surface area contributed by atoms with Gasteiger partial charge in [0, 0.05) is 18.2 Å². The zero-order valence-electron chi connectivity index (χ0n) is 11.5. The highest BCUT2D eigenvalue weighted by molar-refractivity contribution is 5.94. The molecular weight excluding hydrogens is 228 g/mol. The molecule has 0 aliphatic heterocycles. The van der Waals surface area contributed by atoms with Crippen molar-refractivity contribution in [3.05, 3.63) is 35.4 Å². The van der Waals surface area contributed by atoms with Crippen LogP contribution in [-0.4, -0.2) is 18.4 Å². The number of benzene rings is 1. The van der Waals surface area contributed by atoms with Gasteiger partial charge in [0.15, 0.2) is 0 Å². The molecular formula is C14H22N2O2. The molecule has 2 amide bonds. The molecule has 0 heterocycles. The molecule has 1 aromatic carbocycles. The molecule has 0 saturated carbocycles. The maximum atomic E-state index is 11.7. The van der Waals surface area contributed by atoms with Gasteiger partial charge in [0.05, 0.1) is 0 Å². The third-order valence-electron chi connectivity index (χ3n) is 2.00. The molecule has 0 aromatic heterocycles. The Morgan fingerprint density at radius 2 is 2.00 bits per heavy atom. The Hall–Kier alpha value is -1.84. The smallest absolute Gasteiger partial charge is 0.251 e. The molecule has 0 bridgehead atoms. The summed E-state index contributed by atoms with van der Waals surface area (Å²) in [6.07, 6.45) is 0.640. The van der Waals surface area contributed by atoms with Gasteiger partial charge >= 0.3 is 0 Å². The van der Waals surface area contributed by atoms with Gasteiger partial charge in [0.2, 0.25) is 6.41 Å². The van der Waals surface area contributed by atoms with Gasteiger partial charge in [-0.2, -0.15) is 0 Å². The van der Waals surface area contributed by atoms with Crippen LogP contribution in [-0.2, 0) is 11.3 Å². The molecule has 100 valence electrons. The number of hydrogen-bond donors (Lipinski definition) is 2. The van der Waals surface area contributed by atoms with Crippen LogP contribution < -0.4 is 10.6 Å². The van der Waals surface area contributed by atoms with Gasteiger partial charge in [0.1, 0.15) is 0 Å². The molecule has 2 N–H and O–H groups in total. The van der Waals surface area contributed by atoms with E-state index in [1.165, 1.54) is 0 Å². The van der Waals surface area contributed by atoms with Crippen LogP contribution in [0.25, 0.3) is 0 Å². The summed E-state index contributed by atoms with van der Waals surface area (Å²) >= 11 is 0. The van der Waals surface area contributed by atoms with Crippen molar-refractivity contribution >= 4 is 12.3 Å². The highest BCUT2D eigenvalue weighted by Gasteiger charge is 2.06. The average Bonchev–Trinajstić information content (AvgIpc) is 2.38. The molecule has 18 heavy (non-hydrogen) atoms. The molecule has 0 aliphatic rings. The number of carbonyl (C=O) groups excluding carboxylic acids is 2. The van der Waals surface area contributed by atoms with E-state index < -0.39 is 0 Å². The topological polar surface area (TPSA) is 58.2 Å². The molecule has 1 rings (SSSR count). The van der Waals surface area contributed by atoms with E-state index in [-0.39, 0.29) is 11.9 Å². The van der Waals surface area contributed by atoms with Crippen molar-refractivity contribution in [2.24, 2.45) is 0 Å². The van der Waals surface area contributed by atoms with Crippen LogP contribution in [0.3, 0.4) is 0 Å². The minimum Gasteiger partial charge on any atom is -0.355 e. The summed E-state index contributed by atoms with van der Waals surface area (Å²) in [7, 11) is 0. The van der Waals surface area contributed by atoms with Crippen molar-refractivity contribution < 1.29 is 9.59 Å². The molecule has 0 unspecified atom stereocenters. The molecule has 0 radical (unpaired) electrons. The zero-order chi connectivity index (χ0) is 14.0. The Bertz CT molecular complexity index is 376. The molecule has 0 aliphatic carbocycles. The van der Waals surface area contributed by atoms with Crippen LogP contribution in [0.1, 0.15) is 43.6 Å².